The molecule has 0 saturated heterocycles. The van der Waals surface area contributed by atoms with Crippen LogP contribution in [0.4, 0.5) is 0 Å². The monoisotopic (exact) mass is 294 g/mol. The van der Waals surface area contributed by atoms with Gasteiger partial charge in [0.15, 0.2) is 0 Å². The molecule has 16 heavy (non-hydrogen) atoms. The van der Waals surface area contributed by atoms with Gasteiger partial charge >= 0.3 is 8.80 Å². The fraction of sp³-hybridized carbons (Fsp3) is 1.00. The van der Waals surface area contributed by atoms with E-state index in [1.807, 2.05) is 0 Å². The van der Waals surface area contributed by atoms with Crippen molar-refractivity contribution >= 4 is 33.6 Å². The van der Waals surface area contributed by atoms with E-state index in [0.29, 0.717) is 6.54 Å². The molecule has 0 aliphatic rings. The van der Waals surface area contributed by atoms with E-state index in [-0.39, 0.29) is 24.8 Å². The predicted molar refractivity (Wildman–Crippen MR) is 72.6 cm³/mol. The third-order valence-corrected chi connectivity index (χ3v) is 4.92. The Balaban J connectivity index is -0.000000845. The van der Waals surface area contributed by atoms with Crippen LogP contribution in [0.3, 0.4) is 0 Å². The van der Waals surface area contributed by atoms with Gasteiger partial charge in [0.05, 0.1) is 0 Å². The molecule has 0 saturated carbocycles. The zero-order valence-corrected chi connectivity index (χ0v) is 12.8. The van der Waals surface area contributed by atoms with Gasteiger partial charge < -0.3 is 24.3 Å². The summed E-state index contributed by atoms with van der Waals surface area (Å²) < 4.78 is 15.9. The zero-order chi connectivity index (χ0) is 10.9. The van der Waals surface area contributed by atoms with Crippen LogP contribution in [0.5, 0.6) is 0 Å². The fourth-order valence-corrected chi connectivity index (χ4v) is 2.94. The number of hydrogen-bond donors (Lipinski definition) is 2. The Morgan fingerprint density at radius 3 is 1.88 bits per heavy atom. The Bertz CT molecular complexity index is 134. The summed E-state index contributed by atoms with van der Waals surface area (Å²) in [5.41, 5.74) is 5.35. The van der Waals surface area contributed by atoms with Crippen LogP contribution in [0.1, 0.15) is 6.42 Å². The summed E-state index contributed by atoms with van der Waals surface area (Å²) in [6.45, 7) is 2.44. The zero-order valence-electron chi connectivity index (χ0n) is 10.2. The van der Waals surface area contributed by atoms with Gasteiger partial charge in [0.2, 0.25) is 0 Å². The van der Waals surface area contributed by atoms with E-state index in [9.17, 15) is 0 Å². The topological polar surface area (TPSA) is 65.7 Å². The molecule has 5 nitrogen and oxygen atoms in total. The van der Waals surface area contributed by atoms with Crippen molar-refractivity contribution in [3.05, 3.63) is 0 Å². The molecule has 0 aromatic carbocycles. The van der Waals surface area contributed by atoms with Gasteiger partial charge in [-0.1, -0.05) is 0 Å². The smallest absolute Gasteiger partial charge is 0.377 e. The van der Waals surface area contributed by atoms with Crippen LogP contribution >= 0.6 is 24.8 Å². The van der Waals surface area contributed by atoms with Gasteiger partial charge in [-0.15, -0.1) is 24.8 Å². The minimum Gasteiger partial charge on any atom is -0.377 e. The number of rotatable bonds is 9. The Morgan fingerprint density at radius 1 is 1.00 bits per heavy atom. The average Bonchev–Trinajstić information content (AvgIpc) is 2.24. The van der Waals surface area contributed by atoms with E-state index in [1.165, 1.54) is 0 Å². The summed E-state index contributed by atoms with van der Waals surface area (Å²) >= 11 is 0. The Hall–Kier alpha value is 0.597. The Morgan fingerprint density at radius 2 is 1.50 bits per heavy atom. The molecule has 0 fully saturated rings. The molecule has 8 heteroatoms. The van der Waals surface area contributed by atoms with E-state index < -0.39 is 8.80 Å². The van der Waals surface area contributed by atoms with Gasteiger partial charge in [-0.05, 0) is 13.0 Å². The van der Waals surface area contributed by atoms with Gasteiger partial charge in [0.25, 0.3) is 0 Å². The third kappa shape index (κ3) is 8.71. The molecule has 0 aliphatic heterocycles. The van der Waals surface area contributed by atoms with Gasteiger partial charge in [0.1, 0.15) is 0 Å². The summed E-state index contributed by atoms with van der Waals surface area (Å²) in [4.78, 5) is 0. The van der Waals surface area contributed by atoms with E-state index >= 15 is 0 Å². The molecule has 0 rings (SSSR count). The van der Waals surface area contributed by atoms with Crippen molar-refractivity contribution in [1.82, 2.24) is 5.32 Å². The molecular weight excluding hydrogens is 271 g/mol. The molecule has 0 radical (unpaired) electrons. The number of hydrogen-bond acceptors (Lipinski definition) is 5. The van der Waals surface area contributed by atoms with Crippen molar-refractivity contribution in [3.63, 3.8) is 0 Å². The third-order valence-electron chi connectivity index (χ3n) is 2.09. The minimum atomic E-state index is -2.35. The lowest BCUT2D eigenvalue weighted by Crippen LogP contribution is -2.43. The lowest BCUT2D eigenvalue weighted by Gasteiger charge is -2.24. The normalized spacial score (nSPS) is 10.5. The molecule has 0 bridgehead atoms. The van der Waals surface area contributed by atoms with Crippen molar-refractivity contribution in [1.29, 1.82) is 0 Å². The lowest BCUT2D eigenvalue weighted by molar-refractivity contribution is 0.123. The molecule has 0 amide bonds. The van der Waals surface area contributed by atoms with Crippen molar-refractivity contribution in [3.8, 4) is 0 Å². The lowest BCUT2D eigenvalue weighted by atomic mass is 10.5. The highest BCUT2D eigenvalue weighted by Gasteiger charge is 2.36. The van der Waals surface area contributed by atoms with Crippen molar-refractivity contribution < 1.29 is 13.3 Å². The highest BCUT2D eigenvalue weighted by molar-refractivity contribution is 6.60. The van der Waals surface area contributed by atoms with Gasteiger partial charge in [-0.3, -0.25) is 0 Å². The quantitative estimate of drug-likeness (QED) is 0.483. The van der Waals surface area contributed by atoms with Crippen LogP contribution in [0.2, 0.25) is 6.04 Å². The molecule has 0 unspecified atom stereocenters. The second-order valence-corrected chi connectivity index (χ2v) is 6.03. The second kappa shape index (κ2) is 13.7. The summed E-state index contributed by atoms with van der Waals surface area (Å²) in [5.74, 6) is 0. The van der Waals surface area contributed by atoms with Crippen LogP contribution in [0.15, 0.2) is 0 Å². The van der Waals surface area contributed by atoms with Crippen molar-refractivity contribution in [2.45, 2.75) is 12.5 Å². The van der Waals surface area contributed by atoms with Crippen LogP contribution in [0, 0.1) is 0 Å². The first-order chi connectivity index (χ1) is 6.74. The summed E-state index contributed by atoms with van der Waals surface area (Å²) in [6.07, 6.45) is 0.974. The number of halogens is 2. The standard InChI is InChI=1S/C8H22N2O3Si.2ClH/c1-11-14(12-2,13-3)8-4-6-10-7-5-9;;/h10H,4-9H2,1-3H3;2*1H. The first kappa shape index (κ1) is 21.8. The Labute approximate surface area is 112 Å². The summed E-state index contributed by atoms with van der Waals surface area (Å²) in [6, 6.07) is 0.827. The molecule has 0 spiro atoms. The molecule has 102 valence electrons. The molecule has 0 aromatic heterocycles. The maximum Gasteiger partial charge on any atom is 0.500 e. The maximum absolute atomic E-state index is 5.35. The largest absolute Gasteiger partial charge is 0.500 e. The number of nitrogens with one attached hydrogen (secondary N) is 1. The maximum atomic E-state index is 5.35. The van der Waals surface area contributed by atoms with Crippen LogP contribution < -0.4 is 11.1 Å². The average molecular weight is 295 g/mol. The first-order valence-corrected chi connectivity index (χ1v) is 6.74. The molecule has 0 heterocycles. The van der Waals surface area contributed by atoms with Crippen molar-refractivity contribution in [2.75, 3.05) is 41.0 Å². The molecule has 3 N–H and O–H groups in total. The molecule has 0 aliphatic carbocycles. The highest BCUT2D eigenvalue weighted by Crippen LogP contribution is 2.13. The second-order valence-electron chi connectivity index (χ2n) is 2.94. The molecular formula is C8H24Cl2N2O3Si. The van der Waals surface area contributed by atoms with E-state index in [4.69, 9.17) is 19.0 Å². The number of nitrogens with two attached hydrogens (primary N) is 1. The van der Waals surface area contributed by atoms with Crippen molar-refractivity contribution in [2.24, 2.45) is 5.73 Å². The fourth-order valence-electron chi connectivity index (χ4n) is 1.21. The molecule has 0 atom stereocenters. The summed E-state index contributed by atoms with van der Waals surface area (Å²) in [7, 11) is 2.55. The summed E-state index contributed by atoms with van der Waals surface area (Å²) in [5, 5.41) is 3.21. The van der Waals surface area contributed by atoms with Crippen LogP contribution in [-0.4, -0.2) is 49.8 Å². The van der Waals surface area contributed by atoms with E-state index in [2.05, 4.69) is 5.32 Å². The van der Waals surface area contributed by atoms with E-state index in [0.717, 1.165) is 25.6 Å². The van der Waals surface area contributed by atoms with Crippen LogP contribution in [0.25, 0.3) is 0 Å². The predicted octanol–water partition coefficient (Wildman–Crippen LogP) is 0.646. The van der Waals surface area contributed by atoms with Crippen LogP contribution in [-0.2, 0) is 13.3 Å². The van der Waals surface area contributed by atoms with E-state index in [1.54, 1.807) is 21.3 Å². The Kier molecular flexibility index (Phi) is 18.6. The van der Waals surface area contributed by atoms with Gasteiger partial charge in [-0.2, -0.15) is 0 Å². The van der Waals surface area contributed by atoms with Gasteiger partial charge in [0, 0.05) is 40.5 Å². The first-order valence-electron chi connectivity index (χ1n) is 4.81. The minimum absolute atomic E-state index is 0. The SMILES string of the molecule is CO[Si](CCCNCCN)(OC)OC.Cl.Cl. The highest BCUT2D eigenvalue weighted by atomic mass is 35.5. The molecule has 0 aromatic rings. The van der Waals surface area contributed by atoms with Gasteiger partial charge in [-0.25, -0.2) is 0 Å².